The Labute approximate surface area is 139 Å². The Bertz CT molecular complexity index is 618. The quantitative estimate of drug-likeness (QED) is 0.498. The van der Waals surface area contributed by atoms with Gasteiger partial charge in [0.05, 0.1) is 5.71 Å². The molecule has 0 atom stereocenters. The van der Waals surface area contributed by atoms with Crippen molar-refractivity contribution < 1.29 is 4.84 Å². The molecule has 0 spiro atoms. The van der Waals surface area contributed by atoms with Gasteiger partial charge in [-0.25, -0.2) is 0 Å². The van der Waals surface area contributed by atoms with Crippen molar-refractivity contribution in [2.45, 2.75) is 20.0 Å². The topological polar surface area (TPSA) is 21.6 Å². The fourth-order valence-corrected chi connectivity index (χ4v) is 2.77. The summed E-state index contributed by atoms with van der Waals surface area (Å²) in [5.74, 6) is 0. The van der Waals surface area contributed by atoms with Gasteiger partial charge in [0, 0.05) is 21.5 Å². The van der Waals surface area contributed by atoms with Crippen molar-refractivity contribution >= 4 is 40.5 Å². The van der Waals surface area contributed by atoms with Crippen molar-refractivity contribution in [3.8, 4) is 0 Å². The Kier molecular flexibility index (Phi) is 5.92. The van der Waals surface area contributed by atoms with Crippen LogP contribution in [0.25, 0.3) is 0 Å². The lowest BCUT2D eigenvalue weighted by atomic mass is 10.1. The summed E-state index contributed by atoms with van der Waals surface area (Å²) in [5, 5.41) is 5.67. The van der Waals surface area contributed by atoms with E-state index >= 15 is 0 Å². The third-order valence-corrected chi connectivity index (χ3v) is 3.73. The third kappa shape index (κ3) is 4.92. The highest BCUT2D eigenvalue weighted by atomic mass is 35.5. The summed E-state index contributed by atoms with van der Waals surface area (Å²) < 4.78 is 0. The number of hydrogen-bond donors (Lipinski definition) is 0. The Morgan fingerprint density at radius 3 is 2.29 bits per heavy atom. The van der Waals surface area contributed by atoms with Crippen LogP contribution in [-0.4, -0.2) is 5.71 Å². The lowest BCUT2D eigenvalue weighted by Crippen LogP contribution is -2.01. The molecule has 21 heavy (non-hydrogen) atoms. The summed E-state index contributed by atoms with van der Waals surface area (Å²) in [6, 6.07) is 13.2. The number of benzene rings is 2. The van der Waals surface area contributed by atoms with Crippen LogP contribution in [0.15, 0.2) is 47.6 Å². The highest BCUT2D eigenvalue weighted by Gasteiger charge is 2.09. The van der Waals surface area contributed by atoms with E-state index in [0.717, 1.165) is 16.8 Å². The predicted octanol–water partition coefficient (Wildman–Crippen LogP) is 5.78. The van der Waals surface area contributed by atoms with Crippen LogP contribution >= 0.6 is 34.8 Å². The molecule has 5 heteroatoms. The molecule has 0 heterocycles. The molecule has 0 bridgehead atoms. The van der Waals surface area contributed by atoms with Gasteiger partial charge in [0.2, 0.25) is 0 Å². The average Bonchev–Trinajstić information content (AvgIpc) is 2.44. The molecule has 2 nitrogen and oxygen atoms in total. The first-order chi connectivity index (χ1) is 10.1. The van der Waals surface area contributed by atoms with Gasteiger partial charge in [-0.2, -0.15) is 0 Å². The monoisotopic (exact) mass is 341 g/mol. The maximum atomic E-state index is 6.14. The molecule has 0 aliphatic rings. The second-order valence-electron chi connectivity index (χ2n) is 4.61. The molecule has 0 fully saturated rings. The molecule has 0 amide bonds. The van der Waals surface area contributed by atoms with E-state index in [0.29, 0.717) is 28.1 Å². The molecule has 2 rings (SSSR count). The zero-order valence-electron chi connectivity index (χ0n) is 11.4. The van der Waals surface area contributed by atoms with E-state index in [1.54, 1.807) is 12.1 Å². The summed E-state index contributed by atoms with van der Waals surface area (Å²) in [5.41, 5.74) is 2.65. The van der Waals surface area contributed by atoms with Crippen molar-refractivity contribution in [2.75, 3.05) is 0 Å². The second kappa shape index (κ2) is 7.69. The van der Waals surface area contributed by atoms with Gasteiger partial charge in [-0.05, 0) is 30.2 Å². The van der Waals surface area contributed by atoms with Gasteiger partial charge >= 0.3 is 0 Å². The second-order valence-corrected chi connectivity index (χ2v) is 5.86. The predicted molar refractivity (Wildman–Crippen MR) is 89.5 cm³/mol. The van der Waals surface area contributed by atoms with Crippen LogP contribution in [-0.2, 0) is 17.9 Å². The molecule has 110 valence electrons. The van der Waals surface area contributed by atoms with Gasteiger partial charge in [0.25, 0.3) is 0 Å². The molecular weight excluding hydrogens is 329 g/mol. The standard InChI is InChI=1S/C16H14Cl3NO/c1-11(20-21-10-12-5-3-2-4-6-12)7-14-15(18)8-13(17)9-16(14)19/h2-6,8-9H,7,10H2,1H3/b20-11+. The molecule has 0 unspecified atom stereocenters. The van der Waals surface area contributed by atoms with Crippen LogP contribution in [0.2, 0.25) is 15.1 Å². The Morgan fingerprint density at radius 1 is 1.05 bits per heavy atom. The molecule has 2 aromatic rings. The first-order valence-electron chi connectivity index (χ1n) is 6.39. The SMILES string of the molecule is C/C(Cc1c(Cl)cc(Cl)cc1Cl)=N\OCc1ccccc1. The van der Waals surface area contributed by atoms with Crippen LogP contribution in [0.3, 0.4) is 0 Å². The molecule has 0 aliphatic heterocycles. The number of halogens is 3. The lowest BCUT2D eigenvalue weighted by Gasteiger charge is -2.07. The van der Waals surface area contributed by atoms with Crippen molar-refractivity contribution in [1.29, 1.82) is 0 Å². The Balaban J connectivity index is 1.98. The zero-order chi connectivity index (χ0) is 15.2. The molecule has 0 aromatic heterocycles. The van der Waals surface area contributed by atoms with E-state index in [9.17, 15) is 0 Å². The van der Waals surface area contributed by atoms with Crippen molar-refractivity contribution in [3.63, 3.8) is 0 Å². The molecule has 0 N–H and O–H groups in total. The zero-order valence-corrected chi connectivity index (χ0v) is 13.7. The molecule has 0 aliphatic carbocycles. The average molecular weight is 343 g/mol. The van der Waals surface area contributed by atoms with E-state index < -0.39 is 0 Å². The minimum absolute atomic E-state index is 0.431. The first-order valence-corrected chi connectivity index (χ1v) is 7.52. The van der Waals surface area contributed by atoms with E-state index in [1.807, 2.05) is 37.3 Å². The van der Waals surface area contributed by atoms with E-state index in [-0.39, 0.29) is 0 Å². The number of hydrogen-bond acceptors (Lipinski definition) is 2. The van der Waals surface area contributed by atoms with Crippen LogP contribution < -0.4 is 0 Å². The highest BCUT2D eigenvalue weighted by molar-refractivity contribution is 6.39. The van der Waals surface area contributed by atoms with E-state index in [4.69, 9.17) is 39.6 Å². The van der Waals surface area contributed by atoms with Crippen molar-refractivity contribution in [3.05, 3.63) is 68.7 Å². The molecule has 0 saturated carbocycles. The minimum Gasteiger partial charge on any atom is -0.391 e. The van der Waals surface area contributed by atoms with Gasteiger partial charge in [-0.15, -0.1) is 0 Å². The minimum atomic E-state index is 0.431. The summed E-state index contributed by atoms with van der Waals surface area (Å²) in [4.78, 5) is 5.33. The molecule has 0 radical (unpaired) electrons. The highest BCUT2D eigenvalue weighted by Crippen LogP contribution is 2.29. The number of rotatable bonds is 5. The smallest absolute Gasteiger partial charge is 0.142 e. The van der Waals surface area contributed by atoms with Gasteiger partial charge in [0.1, 0.15) is 6.61 Å². The van der Waals surface area contributed by atoms with Crippen LogP contribution in [0.4, 0.5) is 0 Å². The summed E-state index contributed by atoms with van der Waals surface area (Å²) in [7, 11) is 0. The van der Waals surface area contributed by atoms with Crippen LogP contribution in [0, 0.1) is 0 Å². The van der Waals surface area contributed by atoms with Gasteiger partial charge in [-0.3, -0.25) is 0 Å². The fraction of sp³-hybridized carbons (Fsp3) is 0.188. The summed E-state index contributed by atoms with van der Waals surface area (Å²) in [6.45, 7) is 2.30. The summed E-state index contributed by atoms with van der Waals surface area (Å²) in [6.07, 6.45) is 0.517. The summed E-state index contributed by atoms with van der Waals surface area (Å²) >= 11 is 18.2. The number of oxime groups is 1. The third-order valence-electron chi connectivity index (χ3n) is 2.83. The first kappa shape index (κ1) is 16.2. The number of nitrogens with zero attached hydrogens (tertiary/aromatic N) is 1. The lowest BCUT2D eigenvalue weighted by molar-refractivity contribution is 0.130. The fourth-order valence-electron chi connectivity index (χ4n) is 1.82. The van der Waals surface area contributed by atoms with Crippen molar-refractivity contribution in [2.24, 2.45) is 5.16 Å². The van der Waals surface area contributed by atoms with Crippen LogP contribution in [0.1, 0.15) is 18.1 Å². The molecule has 0 saturated heterocycles. The van der Waals surface area contributed by atoms with Gasteiger partial charge in [-0.1, -0.05) is 70.3 Å². The Hall–Kier alpha value is -1.22. The van der Waals surface area contributed by atoms with E-state index in [1.165, 1.54) is 0 Å². The normalized spacial score (nSPS) is 11.5. The molecule has 2 aromatic carbocycles. The van der Waals surface area contributed by atoms with Gasteiger partial charge < -0.3 is 4.84 Å². The maximum Gasteiger partial charge on any atom is 0.142 e. The van der Waals surface area contributed by atoms with Gasteiger partial charge in [0.15, 0.2) is 0 Å². The van der Waals surface area contributed by atoms with E-state index in [2.05, 4.69) is 5.16 Å². The maximum absolute atomic E-state index is 6.14. The Morgan fingerprint density at radius 2 is 1.67 bits per heavy atom. The largest absolute Gasteiger partial charge is 0.391 e. The molecular formula is C16H14Cl3NO. The van der Waals surface area contributed by atoms with Crippen molar-refractivity contribution in [1.82, 2.24) is 0 Å². The van der Waals surface area contributed by atoms with Crippen LogP contribution in [0.5, 0.6) is 0 Å².